The third-order valence-corrected chi connectivity index (χ3v) is 7.99. The molecule has 0 unspecified atom stereocenters. The Morgan fingerprint density at radius 1 is 0.467 bits per heavy atom. The number of aldehydes is 1. The highest BCUT2D eigenvalue weighted by Crippen LogP contribution is 2.13. The van der Waals surface area contributed by atoms with E-state index in [1.807, 2.05) is 101 Å². The maximum Gasteiger partial charge on any atom is 0.339 e. The van der Waals surface area contributed by atoms with Gasteiger partial charge in [0, 0.05) is 23.7 Å². The molecule has 3 rings (SSSR count). The molecule has 0 saturated heterocycles. The second-order valence-corrected chi connectivity index (χ2v) is 15.8. The van der Waals surface area contributed by atoms with Crippen molar-refractivity contribution in [3.63, 3.8) is 0 Å². The lowest BCUT2D eigenvalue weighted by atomic mass is 10.0. The van der Waals surface area contributed by atoms with Crippen molar-refractivity contribution in [1.82, 2.24) is 0 Å². The minimum absolute atomic E-state index is 0.0557. The van der Waals surface area contributed by atoms with Gasteiger partial charge in [0.05, 0.1) is 16.7 Å². The van der Waals surface area contributed by atoms with Gasteiger partial charge < -0.3 is 29.2 Å². The first kappa shape index (κ1) is 54.3. The Kier molecular flexibility index (Phi) is 27.5. The number of esters is 3. The molecule has 0 bridgehead atoms. The van der Waals surface area contributed by atoms with Crippen LogP contribution in [0.2, 0.25) is 0 Å². The summed E-state index contributed by atoms with van der Waals surface area (Å²) in [4.78, 5) is 45.1. The number of rotatable bonds is 12. The Bertz CT molecular complexity index is 1740. The van der Waals surface area contributed by atoms with Gasteiger partial charge in [0.15, 0.2) is 18.3 Å². The molecule has 0 radical (unpaired) electrons. The summed E-state index contributed by atoms with van der Waals surface area (Å²) in [5, 5.41) is 19.4. The fraction of sp³-hybridized carbons (Fsp3) is 0.451. The number of ether oxygens (including phenoxy) is 3. The largest absolute Gasteiger partial charge is 0.445 e. The number of benzene rings is 3. The van der Waals surface area contributed by atoms with E-state index in [4.69, 9.17) is 20.6 Å². The Morgan fingerprint density at radius 2 is 0.717 bits per heavy atom. The number of hydrogen-bond donors (Lipinski definition) is 2. The minimum Gasteiger partial charge on any atom is -0.445 e. The molecular formula is C51H66O9. The Morgan fingerprint density at radius 3 is 0.917 bits per heavy atom. The Hall–Kier alpha value is -5.66. The van der Waals surface area contributed by atoms with Crippen molar-refractivity contribution in [2.45, 2.75) is 114 Å². The summed E-state index contributed by atoms with van der Waals surface area (Å²) < 4.78 is 16.0. The Labute approximate surface area is 359 Å². The van der Waals surface area contributed by atoms with Crippen LogP contribution in [0.4, 0.5) is 0 Å². The number of terminal acetylenes is 1. The summed E-state index contributed by atoms with van der Waals surface area (Å²) in [6.07, 6.45) is 3.29. The van der Waals surface area contributed by atoms with Crippen molar-refractivity contribution in [3.8, 4) is 36.0 Å². The smallest absolute Gasteiger partial charge is 0.339 e. The van der Waals surface area contributed by atoms with E-state index < -0.39 is 42.5 Å². The molecule has 2 N–H and O–H groups in total. The van der Waals surface area contributed by atoms with Crippen molar-refractivity contribution >= 4 is 24.2 Å². The zero-order chi connectivity index (χ0) is 45.8. The summed E-state index contributed by atoms with van der Waals surface area (Å²) >= 11 is 0. The maximum absolute atomic E-state index is 12.0. The molecule has 0 aliphatic rings. The molecule has 0 fully saturated rings. The van der Waals surface area contributed by atoms with Gasteiger partial charge in [-0.25, -0.2) is 14.4 Å². The lowest BCUT2D eigenvalue weighted by Gasteiger charge is -2.16. The fourth-order valence-electron chi connectivity index (χ4n) is 3.97. The summed E-state index contributed by atoms with van der Waals surface area (Å²) in [6.45, 7) is 22.8. The van der Waals surface area contributed by atoms with Gasteiger partial charge in [-0.3, -0.25) is 0 Å². The normalized spacial score (nSPS) is 12.7. The lowest BCUT2D eigenvalue weighted by Crippen LogP contribution is -2.23. The minimum atomic E-state index is -0.702. The third kappa shape index (κ3) is 23.7. The molecular weight excluding hydrogens is 757 g/mol. The van der Waals surface area contributed by atoms with Crippen LogP contribution in [0, 0.1) is 71.5 Å². The number of carbonyl (C=O) groups is 4. The number of hydrogen-bond acceptors (Lipinski definition) is 9. The van der Waals surface area contributed by atoms with Gasteiger partial charge in [0.1, 0.15) is 18.5 Å². The van der Waals surface area contributed by atoms with Crippen LogP contribution in [-0.2, 0) is 19.0 Å². The van der Waals surface area contributed by atoms with Gasteiger partial charge in [0.2, 0.25) is 0 Å². The number of aliphatic hydroxyl groups excluding tert-OH is 2. The topological polar surface area (TPSA) is 136 Å². The molecule has 5 atom stereocenters. The van der Waals surface area contributed by atoms with Gasteiger partial charge in [-0.15, -0.1) is 6.42 Å². The van der Waals surface area contributed by atoms with Gasteiger partial charge >= 0.3 is 17.9 Å². The van der Waals surface area contributed by atoms with Crippen LogP contribution in [0.5, 0.6) is 0 Å². The first-order valence-corrected chi connectivity index (χ1v) is 20.3. The van der Waals surface area contributed by atoms with E-state index in [2.05, 4.69) is 29.6 Å². The summed E-state index contributed by atoms with van der Waals surface area (Å²) in [6, 6.07) is 26.5. The third-order valence-electron chi connectivity index (χ3n) is 7.99. The highest BCUT2D eigenvalue weighted by Gasteiger charge is 2.20. The van der Waals surface area contributed by atoms with Gasteiger partial charge in [-0.1, -0.05) is 167 Å². The predicted octanol–water partition coefficient (Wildman–Crippen LogP) is 9.12. The molecule has 324 valence electrons. The standard InChI is InChI=1S/2C17H22O3.C13H14O2.C4H8O/c2*1-12(2)15(18)10-11-16(13(3)4)20-17(19)14-8-6-5-7-9-14;1-4-12(10(2)3)15-13(14)11-8-6-5-7-9-11;1-4(2)3-5/h2*5-9,12-13,15-16,18H,1-4H3;1,5-10,12H,2-3H3;3-4H,1-2H3/t15-,16+;15-,16-;12-;/m100./s1. The van der Waals surface area contributed by atoms with Crippen LogP contribution in [0.15, 0.2) is 91.0 Å². The van der Waals surface area contributed by atoms with E-state index in [0.29, 0.717) is 16.7 Å². The molecule has 0 aliphatic carbocycles. The SMILES string of the molecule is C#C[C@H](OC(=O)c1ccccc1)C(C)C.CC(C)C=O.CC(C)[C@H](C#C[C@H](O)C(C)C)OC(=O)c1ccccc1.CC(C)[C@H](O)C#C[C@H](OC(=O)c1ccccc1)C(C)C. The first-order chi connectivity index (χ1) is 28.2. The molecule has 9 nitrogen and oxygen atoms in total. The average molecular weight is 823 g/mol. The van der Waals surface area contributed by atoms with Crippen LogP contribution in [0.25, 0.3) is 0 Å². The van der Waals surface area contributed by atoms with Gasteiger partial charge in [-0.2, -0.15) is 0 Å². The quantitative estimate of drug-likeness (QED) is 0.0794. The molecule has 3 aromatic rings. The Balaban J connectivity index is 0.000000830. The molecule has 60 heavy (non-hydrogen) atoms. The van der Waals surface area contributed by atoms with Crippen LogP contribution < -0.4 is 0 Å². The van der Waals surface area contributed by atoms with Crippen LogP contribution in [0.3, 0.4) is 0 Å². The van der Waals surface area contributed by atoms with E-state index in [1.165, 1.54) is 0 Å². The zero-order valence-corrected chi connectivity index (χ0v) is 37.4. The van der Waals surface area contributed by atoms with Crippen LogP contribution in [-0.4, -0.2) is 64.9 Å². The second-order valence-electron chi connectivity index (χ2n) is 15.8. The molecule has 0 saturated carbocycles. The van der Waals surface area contributed by atoms with E-state index in [1.54, 1.807) is 72.8 Å². The highest BCUT2D eigenvalue weighted by atomic mass is 16.6. The second kappa shape index (κ2) is 30.4. The molecule has 0 spiro atoms. The predicted molar refractivity (Wildman–Crippen MR) is 238 cm³/mol. The molecule has 0 heterocycles. The monoisotopic (exact) mass is 822 g/mol. The molecule has 9 heteroatoms. The molecule has 0 amide bonds. The molecule has 0 aliphatic heterocycles. The van der Waals surface area contributed by atoms with Crippen LogP contribution >= 0.6 is 0 Å². The zero-order valence-electron chi connectivity index (χ0n) is 37.4. The highest BCUT2D eigenvalue weighted by molar-refractivity contribution is 5.90. The fourth-order valence-corrected chi connectivity index (χ4v) is 3.97. The van der Waals surface area contributed by atoms with Gasteiger partial charge in [-0.05, 0) is 48.2 Å². The van der Waals surface area contributed by atoms with E-state index in [9.17, 15) is 29.4 Å². The number of aliphatic hydroxyl groups is 2. The van der Waals surface area contributed by atoms with Crippen molar-refractivity contribution in [1.29, 1.82) is 0 Å². The van der Waals surface area contributed by atoms with Crippen molar-refractivity contribution < 1.29 is 43.6 Å². The summed E-state index contributed by atoms with van der Waals surface area (Å²) in [5.41, 5.74) is 1.53. The van der Waals surface area contributed by atoms with E-state index in [0.717, 1.165) is 6.29 Å². The van der Waals surface area contributed by atoms with Crippen molar-refractivity contribution in [3.05, 3.63) is 108 Å². The molecule has 0 aromatic heterocycles. The lowest BCUT2D eigenvalue weighted by molar-refractivity contribution is -0.110. The summed E-state index contributed by atoms with van der Waals surface area (Å²) in [5.74, 6) is 13.1. The summed E-state index contributed by atoms with van der Waals surface area (Å²) in [7, 11) is 0. The van der Waals surface area contributed by atoms with E-state index >= 15 is 0 Å². The van der Waals surface area contributed by atoms with E-state index in [-0.39, 0.29) is 41.5 Å². The number of carbonyl (C=O) groups excluding carboxylic acids is 4. The first-order valence-electron chi connectivity index (χ1n) is 20.3. The molecule has 3 aromatic carbocycles. The van der Waals surface area contributed by atoms with Crippen LogP contribution in [0.1, 0.15) is 114 Å². The average Bonchev–Trinajstić information content (AvgIpc) is 3.23. The maximum atomic E-state index is 12.0. The van der Waals surface area contributed by atoms with Gasteiger partial charge in [0.25, 0.3) is 0 Å². The van der Waals surface area contributed by atoms with Crippen molar-refractivity contribution in [2.24, 2.45) is 35.5 Å². The van der Waals surface area contributed by atoms with Crippen molar-refractivity contribution in [2.75, 3.05) is 0 Å².